The topological polar surface area (TPSA) is 70.2 Å². The first-order valence-electron chi connectivity index (χ1n) is 8.31. The quantitative estimate of drug-likeness (QED) is 0.746. The number of halogens is 1. The van der Waals surface area contributed by atoms with Crippen molar-refractivity contribution in [2.24, 2.45) is 0 Å². The van der Waals surface area contributed by atoms with Gasteiger partial charge in [-0.3, -0.25) is 4.79 Å². The maximum Gasteiger partial charge on any atom is 0.253 e. The molecular weight excluding hydrogens is 372 g/mol. The maximum absolute atomic E-state index is 12.8. The smallest absolute Gasteiger partial charge is 0.253 e. The van der Waals surface area contributed by atoms with E-state index < -0.39 is 15.1 Å². The number of nitrogens with zero attached hydrogens (tertiary/aromatic N) is 1. The fraction of sp³-hybridized carbons (Fsp3) is 0.211. The molecule has 26 heavy (non-hydrogen) atoms. The molecule has 0 aliphatic carbocycles. The number of nitrogens with one attached hydrogen (secondary N) is 1. The highest BCUT2D eigenvalue weighted by atomic mass is 35.5. The maximum atomic E-state index is 12.8. The number of H-pyrrole nitrogens is 1. The molecule has 3 aromatic rings. The molecule has 7 heteroatoms. The van der Waals surface area contributed by atoms with Crippen LogP contribution in [0.5, 0.6) is 0 Å². The van der Waals surface area contributed by atoms with Crippen molar-refractivity contribution in [1.29, 1.82) is 0 Å². The lowest BCUT2D eigenvalue weighted by Gasteiger charge is -2.17. The number of sulfone groups is 1. The van der Waals surface area contributed by atoms with Gasteiger partial charge in [0.15, 0.2) is 9.84 Å². The minimum Gasteiger partial charge on any atom is -0.361 e. The molecule has 1 atom stereocenters. The summed E-state index contributed by atoms with van der Waals surface area (Å²) in [5.74, 6) is -0.143. The molecule has 0 bridgehead atoms. The Hall–Kier alpha value is -2.31. The summed E-state index contributed by atoms with van der Waals surface area (Å²) < 4.78 is 25.6. The summed E-state index contributed by atoms with van der Waals surface area (Å²) in [4.78, 5) is 17.7. The molecular formula is C19H17ClN2O3S. The predicted octanol–water partition coefficient (Wildman–Crippen LogP) is 3.51. The van der Waals surface area contributed by atoms with Crippen LogP contribution in [0.2, 0.25) is 5.02 Å². The van der Waals surface area contributed by atoms with Gasteiger partial charge < -0.3 is 9.88 Å². The third-order valence-corrected chi connectivity index (χ3v) is 7.26. The van der Waals surface area contributed by atoms with E-state index in [1.807, 2.05) is 18.3 Å². The van der Waals surface area contributed by atoms with Crippen molar-refractivity contribution >= 4 is 38.2 Å². The van der Waals surface area contributed by atoms with E-state index in [0.717, 1.165) is 10.9 Å². The first-order valence-corrected chi connectivity index (χ1v) is 10.2. The lowest BCUT2D eigenvalue weighted by Crippen LogP contribution is -2.31. The molecule has 2 aromatic carbocycles. The third-order valence-electron chi connectivity index (χ3n) is 4.82. The Balaban J connectivity index is 1.54. The molecule has 0 saturated carbocycles. The second kappa shape index (κ2) is 6.45. The molecule has 1 fully saturated rings. The van der Waals surface area contributed by atoms with Crippen LogP contribution in [0.4, 0.5) is 0 Å². The molecule has 4 rings (SSSR count). The molecule has 1 N–H and O–H groups in total. The van der Waals surface area contributed by atoms with Crippen molar-refractivity contribution in [3.8, 4) is 0 Å². The highest BCUT2D eigenvalue weighted by molar-refractivity contribution is 7.92. The average molecular weight is 389 g/mol. The van der Waals surface area contributed by atoms with E-state index in [9.17, 15) is 13.2 Å². The van der Waals surface area contributed by atoms with Crippen molar-refractivity contribution < 1.29 is 13.2 Å². The Bertz CT molecular complexity index is 1070. The highest BCUT2D eigenvalue weighted by Crippen LogP contribution is 2.26. The number of amides is 1. The number of likely N-dealkylation sites (tertiary alicyclic amines) is 1. The summed E-state index contributed by atoms with van der Waals surface area (Å²) in [5, 5.41) is 0.930. The van der Waals surface area contributed by atoms with Crippen LogP contribution >= 0.6 is 11.6 Å². The number of aromatic nitrogens is 1. The molecule has 1 aliphatic rings. The van der Waals surface area contributed by atoms with E-state index in [0.29, 0.717) is 23.6 Å². The van der Waals surface area contributed by atoms with Crippen molar-refractivity contribution in [2.45, 2.75) is 16.6 Å². The zero-order valence-electron chi connectivity index (χ0n) is 13.9. The molecule has 5 nitrogen and oxygen atoms in total. The molecule has 0 radical (unpaired) electrons. The van der Waals surface area contributed by atoms with E-state index in [1.165, 1.54) is 12.1 Å². The third kappa shape index (κ3) is 2.99. The van der Waals surface area contributed by atoms with Crippen molar-refractivity contribution in [2.75, 3.05) is 13.1 Å². The molecule has 0 spiro atoms. The Labute approximate surface area is 156 Å². The Morgan fingerprint density at radius 2 is 1.88 bits per heavy atom. The normalized spacial score (nSPS) is 17.7. The fourth-order valence-corrected chi connectivity index (χ4v) is 5.16. The first-order chi connectivity index (χ1) is 12.4. The molecule has 0 unspecified atom stereocenters. The highest BCUT2D eigenvalue weighted by Gasteiger charge is 2.36. The summed E-state index contributed by atoms with van der Waals surface area (Å²) in [7, 11) is -3.49. The number of aromatic amines is 1. The van der Waals surface area contributed by atoms with Gasteiger partial charge in [-0.2, -0.15) is 0 Å². The predicted molar refractivity (Wildman–Crippen MR) is 101 cm³/mol. The van der Waals surface area contributed by atoms with Crippen LogP contribution in [0.1, 0.15) is 16.8 Å². The molecule has 1 amide bonds. The van der Waals surface area contributed by atoms with Crippen LogP contribution in [0.15, 0.2) is 59.6 Å². The number of hydrogen-bond acceptors (Lipinski definition) is 3. The van der Waals surface area contributed by atoms with Gasteiger partial charge in [0.05, 0.1) is 10.1 Å². The zero-order chi connectivity index (χ0) is 18.3. The van der Waals surface area contributed by atoms with Crippen molar-refractivity contribution in [3.63, 3.8) is 0 Å². The molecule has 2 heterocycles. The van der Waals surface area contributed by atoms with Gasteiger partial charge in [0, 0.05) is 35.4 Å². The summed E-state index contributed by atoms with van der Waals surface area (Å²) in [6, 6.07) is 13.6. The molecule has 1 saturated heterocycles. The second-order valence-corrected chi connectivity index (χ2v) is 9.11. The number of carbonyl (C=O) groups excluding carboxylic acids is 1. The van der Waals surface area contributed by atoms with Crippen LogP contribution in [0.3, 0.4) is 0 Å². The average Bonchev–Trinajstić information content (AvgIpc) is 3.30. The van der Waals surface area contributed by atoms with Crippen LogP contribution in [0.25, 0.3) is 10.9 Å². The van der Waals surface area contributed by atoms with Gasteiger partial charge in [0.2, 0.25) is 0 Å². The van der Waals surface area contributed by atoms with E-state index in [-0.39, 0.29) is 17.3 Å². The molecule has 134 valence electrons. The van der Waals surface area contributed by atoms with Gasteiger partial charge in [0.25, 0.3) is 5.91 Å². The van der Waals surface area contributed by atoms with Gasteiger partial charge >= 0.3 is 0 Å². The van der Waals surface area contributed by atoms with Crippen molar-refractivity contribution in [1.82, 2.24) is 9.88 Å². The lowest BCUT2D eigenvalue weighted by atomic mass is 10.1. The largest absolute Gasteiger partial charge is 0.361 e. The number of carbonyl (C=O) groups is 1. The van der Waals surface area contributed by atoms with E-state index >= 15 is 0 Å². The van der Waals surface area contributed by atoms with E-state index in [2.05, 4.69) is 4.98 Å². The number of benzene rings is 2. The Morgan fingerprint density at radius 3 is 2.65 bits per heavy atom. The minimum atomic E-state index is -3.49. The monoisotopic (exact) mass is 388 g/mol. The van der Waals surface area contributed by atoms with Gasteiger partial charge in [0.1, 0.15) is 0 Å². The molecule has 1 aliphatic heterocycles. The number of fused-ring (bicyclic) bond motifs is 1. The SMILES string of the molecule is O=C(c1ccc2cc[nH]c2c1)N1CC[C@@H](S(=O)(=O)c2ccc(Cl)cc2)C1. The second-order valence-electron chi connectivity index (χ2n) is 6.44. The van der Waals surface area contributed by atoms with Gasteiger partial charge in [-0.05, 0) is 54.3 Å². The van der Waals surface area contributed by atoms with Crippen LogP contribution in [-0.2, 0) is 9.84 Å². The fourth-order valence-electron chi connectivity index (χ4n) is 3.35. The van der Waals surface area contributed by atoms with E-state index in [1.54, 1.807) is 29.2 Å². The zero-order valence-corrected chi connectivity index (χ0v) is 15.4. The van der Waals surface area contributed by atoms with Gasteiger partial charge in [-0.1, -0.05) is 17.7 Å². The Morgan fingerprint density at radius 1 is 1.12 bits per heavy atom. The van der Waals surface area contributed by atoms with Crippen molar-refractivity contribution in [3.05, 3.63) is 65.3 Å². The van der Waals surface area contributed by atoms with Gasteiger partial charge in [-0.25, -0.2) is 8.42 Å². The summed E-state index contributed by atoms with van der Waals surface area (Å²) >= 11 is 5.84. The van der Waals surface area contributed by atoms with Crippen LogP contribution < -0.4 is 0 Å². The number of hydrogen-bond donors (Lipinski definition) is 1. The molecule has 1 aromatic heterocycles. The standard InChI is InChI=1S/C19H17ClN2O3S/c20-15-3-5-16(6-4-15)26(24,25)17-8-10-22(12-17)19(23)14-2-1-13-7-9-21-18(13)11-14/h1-7,9,11,17,21H,8,10,12H2/t17-/m1/s1. The first kappa shape index (κ1) is 17.1. The van der Waals surface area contributed by atoms with Crippen LogP contribution in [0, 0.1) is 0 Å². The number of rotatable bonds is 3. The lowest BCUT2D eigenvalue weighted by molar-refractivity contribution is 0.0793. The summed E-state index contributed by atoms with van der Waals surface area (Å²) in [6.45, 7) is 0.631. The van der Waals surface area contributed by atoms with E-state index in [4.69, 9.17) is 11.6 Å². The van der Waals surface area contributed by atoms with Crippen LogP contribution in [-0.4, -0.2) is 42.5 Å². The summed E-state index contributed by atoms with van der Waals surface area (Å²) in [6.07, 6.45) is 2.25. The minimum absolute atomic E-state index is 0.143. The Kier molecular flexibility index (Phi) is 4.25. The summed E-state index contributed by atoms with van der Waals surface area (Å²) in [5.41, 5.74) is 1.45. The van der Waals surface area contributed by atoms with Gasteiger partial charge in [-0.15, -0.1) is 0 Å².